The maximum atomic E-state index is 13.8. The van der Waals surface area contributed by atoms with E-state index in [0.717, 1.165) is 44.0 Å². The smallest absolute Gasteiger partial charge is 0.175 e. The molecule has 0 unspecified atom stereocenters. The Bertz CT molecular complexity index is 434. The molecule has 0 bridgehead atoms. The molecule has 0 aliphatic carbocycles. The van der Waals surface area contributed by atoms with Crippen molar-refractivity contribution in [3.63, 3.8) is 0 Å². The van der Waals surface area contributed by atoms with Gasteiger partial charge in [-0.2, -0.15) is 0 Å². The lowest BCUT2D eigenvalue weighted by Crippen LogP contribution is -2.43. The van der Waals surface area contributed by atoms with Crippen LogP contribution in [0.2, 0.25) is 0 Å². The van der Waals surface area contributed by atoms with Crippen LogP contribution in [0, 0.1) is 17.5 Å². The van der Waals surface area contributed by atoms with Gasteiger partial charge in [0.2, 0.25) is 0 Å². The van der Waals surface area contributed by atoms with Gasteiger partial charge in [0.15, 0.2) is 11.6 Å². The number of nitrogens with zero attached hydrogens (tertiary/aromatic N) is 1. The van der Waals surface area contributed by atoms with Crippen molar-refractivity contribution in [2.24, 2.45) is 0 Å². The van der Waals surface area contributed by atoms with Gasteiger partial charge < -0.3 is 5.32 Å². The number of halogens is 3. The van der Waals surface area contributed by atoms with Crippen molar-refractivity contribution in [1.82, 2.24) is 10.2 Å². The van der Waals surface area contributed by atoms with Gasteiger partial charge in [-0.15, -0.1) is 11.8 Å². The summed E-state index contributed by atoms with van der Waals surface area (Å²) in [6, 6.07) is 1.10. The Kier molecular flexibility index (Phi) is 4.53. The number of piperazine rings is 1. The van der Waals surface area contributed by atoms with Crippen molar-refractivity contribution in [3.8, 4) is 0 Å². The first-order valence-corrected chi connectivity index (χ1v) is 6.99. The zero-order valence-corrected chi connectivity index (χ0v) is 10.9. The fourth-order valence-electron chi connectivity index (χ4n) is 2.04. The molecule has 0 atom stereocenters. The normalized spacial score (nSPS) is 17.1. The molecule has 1 heterocycles. The van der Waals surface area contributed by atoms with E-state index in [1.807, 2.05) is 4.90 Å². The molecule has 0 aromatic heterocycles. The molecular formula is C12H15F3N2S. The fourth-order valence-corrected chi connectivity index (χ4v) is 2.56. The largest absolute Gasteiger partial charge is 0.314 e. The number of benzene rings is 1. The summed E-state index contributed by atoms with van der Waals surface area (Å²) in [5.74, 6) is -2.70. The Hall–Kier alpha value is -0.720. The van der Waals surface area contributed by atoms with Crippen LogP contribution in [-0.4, -0.2) is 37.3 Å². The van der Waals surface area contributed by atoms with Gasteiger partial charge >= 0.3 is 0 Å². The topological polar surface area (TPSA) is 15.3 Å². The minimum atomic E-state index is -1.08. The molecule has 1 N–H and O–H groups in total. The number of thioether (sulfide) groups is 1. The molecule has 2 nitrogen and oxygen atoms in total. The van der Waals surface area contributed by atoms with Crippen LogP contribution in [-0.2, 0) is 6.54 Å². The molecule has 1 fully saturated rings. The second-order valence-electron chi connectivity index (χ2n) is 4.20. The molecular weight excluding hydrogens is 261 g/mol. The maximum absolute atomic E-state index is 13.8. The van der Waals surface area contributed by atoms with Crippen molar-refractivity contribution in [2.75, 3.05) is 32.4 Å². The minimum Gasteiger partial charge on any atom is -0.314 e. The summed E-state index contributed by atoms with van der Waals surface area (Å²) in [6.45, 7) is 3.39. The van der Waals surface area contributed by atoms with E-state index in [9.17, 15) is 13.2 Å². The first-order valence-electron chi connectivity index (χ1n) is 5.77. The highest BCUT2D eigenvalue weighted by Crippen LogP contribution is 2.27. The van der Waals surface area contributed by atoms with Gasteiger partial charge in [-0.25, -0.2) is 13.2 Å². The molecule has 2 rings (SSSR count). The quantitative estimate of drug-likeness (QED) is 0.673. The summed E-state index contributed by atoms with van der Waals surface area (Å²) < 4.78 is 41.0. The molecule has 1 aromatic carbocycles. The molecule has 1 aliphatic rings. The Morgan fingerprint density at radius 2 is 1.89 bits per heavy atom. The lowest BCUT2D eigenvalue weighted by molar-refractivity contribution is 0.228. The SMILES string of the molecule is CSc1c(F)cc(CN2CCNCC2)c(F)c1F. The summed E-state index contributed by atoms with van der Waals surface area (Å²) in [4.78, 5) is 1.73. The third-order valence-electron chi connectivity index (χ3n) is 3.00. The Balaban J connectivity index is 2.22. The lowest BCUT2D eigenvalue weighted by atomic mass is 10.1. The van der Waals surface area contributed by atoms with Gasteiger partial charge in [-0.3, -0.25) is 4.90 Å². The third-order valence-corrected chi connectivity index (χ3v) is 3.78. The van der Waals surface area contributed by atoms with Crippen LogP contribution in [0.4, 0.5) is 13.2 Å². The van der Waals surface area contributed by atoms with Crippen LogP contribution in [0.25, 0.3) is 0 Å². The van der Waals surface area contributed by atoms with E-state index in [4.69, 9.17) is 0 Å². The van der Waals surface area contributed by atoms with Crippen molar-refractivity contribution in [1.29, 1.82) is 0 Å². The Labute approximate surface area is 109 Å². The number of hydrogen-bond donors (Lipinski definition) is 1. The van der Waals surface area contributed by atoms with E-state index >= 15 is 0 Å². The van der Waals surface area contributed by atoms with Gasteiger partial charge in [0, 0.05) is 38.3 Å². The van der Waals surface area contributed by atoms with Crippen LogP contribution in [0.5, 0.6) is 0 Å². The van der Waals surface area contributed by atoms with Gasteiger partial charge in [-0.05, 0) is 12.3 Å². The zero-order valence-electron chi connectivity index (χ0n) is 10.1. The fraction of sp³-hybridized carbons (Fsp3) is 0.500. The first kappa shape index (κ1) is 13.7. The standard InChI is InChI=1S/C12H15F3N2S/c1-18-12-9(13)6-8(10(14)11(12)15)7-17-4-2-16-3-5-17/h6,16H,2-5,7H2,1H3. The number of rotatable bonds is 3. The van der Waals surface area contributed by atoms with Crippen LogP contribution >= 0.6 is 11.8 Å². The monoisotopic (exact) mass is 276 g/mol. The van der Waals surface area contributed by atoms with Gasteiger partial charge in [0.1, 0.15) is 5.82 Å². The highest BCUT2D eigenvalue weighted by molar-refractivity contribution is 7.98. The van der Waals surface area contributed by atoms with E-state index in [2.05, 4.69) is 5.32 Å². The molecule has 0 amide bonds. The van der Waals surface area contributed by atoms with Gasteiger partial charge in [0.25, 0.3) is 0 Å². The first-order chi connectivity index (χ1) is 8.63. The molecule has 0 radical (unpaired) electrons. The van der Waals surface area contributed by atoms with E-state index in [-0.39, 0.29) is 17.0 Å². The van der Waals surface area contributed by atoms with Crippen LogP contribution in [0.3, 0.4) is 0 Å². The Morgan fingerprint density at radius 1 is 1.22 bits per heavy atom. The predicted octanol–water partition coefficient (Wildman–Crippen LogP) is 2.23. The zero-order chi connectivity index (χ0) is 13.1. The second-order valence-corrected chi connectivity index (χ2v) is 5.02. The highest BCUT2D eigenvalue weighted by atomic mass is 32.2. The van der Waals surface area contributed by atoms with E-state index < -0.39 is 17.5 Å². The van der Waals surface area contributed by atoms with E-state index in [1.54, 1.807) is 0 Å². The Morgan fingerprint density at radius 3 is 2.50 bits per heavy atom. The van der Waals surface area contributed by atoms with Crippen LogP contribution in [0.15, 0.2) is 11.0 Å². The molecule has 1 aliphatic heterocycles. The molecule has 100 valence electrons. The number of hydrogen-bond acceptors (Lipinski definition) is 3. The molecule has 1 saturated heterocycles. The molecule has 0 saturated carbocycles. The molecule has 0 spiro atoms. The van der Waals surface area contributed by atoms with E-state index in [1.165, 1.54) is 6.26 Å². The van der Waals surface area contributed by atoms with Gasteiger partial charge in [-0.1, -0.05) is 0 Å². The second kappa shape index (κ2) is 5.95. The molecule has 1 aromatic rings. The van der Waals surface area contributed by atoms with Crippen molar-refractivity contribution >= 4 is 11.8 Å². The van der Waals surface area contributed by atoms with Crippen molar-refractivity contribution in [2.45, 2.75) is 11.4 Å². The molecule has 18 heavy (non-hydrogen) atoms. The summed E-state index contributed by atoms with van der Waals surface area (Å²) >= 11 is 0.877. The van der Waals surface area contributed by atoms with Gasteiger partial charge in [0.05, 0.1) is 4.90 Å². The summed E-state index contributed by atoms with van der Waals surface area (Å²) in [7, 11) is 0. The van der Waals surface area contributed by atoms with Crippen LogP contribution in [0.1, 0.15) is 5.56 Å². The molecule has 6 heteroatoms. The lowest BCUT2D eigenvalue weighted by Gasteiger charge is -2.27. The summed E-state index contributed by atoms with van der Waals surface area (Å²) in [5, 5.41) is 3.17. The van der Waals surface area contributed by atoms with Crippen molar-refractivity contribution in [3.05, 3.63) is 29.1 Å². The van der Waals surface area contributed by atoms with Crippen molar-refractivity contribution < 1.29 is 13.2 Å². The average Bonchev–Trinajstić information content (AvgIpc) is 2.37. The summed E-state index contributed by atoms with van der Waals surface area (Å²) in [5.41, 5.74) is 0.0877. The van der Waals surface area contributed by atoms with Crippen LogP contribution < -0.4 is 5.32 Å². The van der Waals surface area contributed by atoms with E-state index in [0.29, 0.717) is 0 Å². The predicted molar refractivity (Wildman–Crippen MR) is 66.2 cm³/mol. The third kappa shape index (κ3) is 2.81. The minimum absolute atomic E-state index is 0.0877. The number of nitrogens with one attached hydrogen (secondary N) is 1. The highest BCUT2D eigenvalue weighted by Gasteiger charge is 2.20. The maximum Gasteiger partial charge on any atom is 0.175 e. The average molecular weight is 276 g/mol. The summed E-state index contributed by atoms with van der Waals surface area (Å²) in [6.07, 6.45) is 1.52.